The Kier molecular flexibility index (Phi) is 5.52. The van der Waals surface area contributed by atoms with E-state index in [-0.39, 0.29) is 11.6 Å². The Morgan fingerprint density at radius 2 is 1.95 bits per heavy atom. The molecule has 0 bridgehead atoms. The van der Waals surface area contributed by atoms with Crippen molar-refractivity contribution in [2.24, 2.45) is 7.05 Å². The number of anilines is 3. The number of hydrogen-bond acceptors (Lipinski definition) is 8. The number of aromatic nitrogens is 7. The highest BCUT2D eigenvalue weighted by molar-refractivity contribution is 6.36. The zero-order valence-corrected chi connectivity index (χ0v) is 21.6. The summed E-state index contributed by atoms with van der Waals surface area (Å²) in [5.41, 5.74) is 3.23. The zero-order valence-electron chi connectivity index (χ0n) is 20.9. The smallest absolute Gasteiger partial charge is 0.274 e. The highest BCUT2D eigenvalue weighted by Crippen LogP contribution is 2.41. The normalized spacial score (nSPS) is 13.6. The van der Waals surface area contributed by atoms with Gasteiger partial charge in [-0.1, -0.05) is 11.6 Å². The third-order valence-electron chi connectivity index (χ3n) is 6.57. The van der Waals surface area contributed by atoms with Crippen LogP contribution in [0.5, 0.6) is 11.5 Å². The maximum Gasteiger partial charge on any atom is 0.274 e. The molecule has 1 aliphatic carbocycles. The number of pyridine rings is 2. The van der Waals surface area contributed by atoms with E-state index in [2.05, 4.69) is 30.7 Å². The van der Waals surface area contributed by atoms with Gasteiger partial charge in [0.15, 0.2) is 17.1 Å². The summed E-state index contributed by atoms with van der Waals surface area (Å²) >= 11 is 6.78. The zero-order chi connectivity index (χ0) is 25.8. The summed E-state index contributed by atoms with van der Waals surface area (Å²) < 4.78 is 11.3. The second kappa shape index (κ2) is 8.77. The number of halogens is 1. The summed E-state index contributed by atoms with van der Waals surface area (Å²) in [6.07, 6.45) is 10.8. The van der Waals surface area contributed by atoms with Crippen LogP contribution in [0.4, 0.5) is 17.5 Å². The van der Waals surface area contributed by atoms with Crippen molar-refractivity contribution < 1.29 is 4.74 Å². The van der Waals surface area contributed by atoms with Crippen molar-refractivity contribution >= 4 is 45.7 Å². The van der Waals surface area contributed by atoms with Crippen molar-refractivity contribution in [1.82, 2.24) is 33.7 Å². The van der Waals surface area contributed by atoms with E-state index in [0.29, 0.717) is 56.6 Å². The first-order valence-electron chi connectivity index (χ1n) is 12.1. The molecule has 2 N–H and O–H groups in total. The van der Waals surface area contributed by atoms with E-state index < -0.39 is 0 Å². The lowest BCUT2D eigenvalue weighted by Crippen LogP contribution is -2.24. The van der Waals surface area contributed by atoms with Crippen molar-refractivity contribution in [2.45, 2.75) is 38.6 Å². The minimum absolute atomic E-state index is 0.0444. The van der Waals surface area contributed by atoms with Crippen LogP contribution < -0.4 is 20.9 Å². The Balaban J connectivity index is 1.36. The summed E-state index contributed by atoms with van der Waals surface area (Å²) in [6, 6.07) is 1.98. The molecule has 0 atom stereocenters. The van der Waals surface area contributed by atoms with Gasteiger partial charge in [0.1, 0.15) is 27.6 Å². The van der Waals surface area contributed by atoms with Gasteiger partial charge < -0.3 is 24.5 Å². The first-order valence-corrected chi connectivity index (χ1v) is 12.4. The molecule has 5 heterocycles. The summed E-state index contributed by atoms with van der Waals surface area (Å²) in [6.45, 7) is 4.00. The molecule has 1 fully saturated rings. The maximum absolute atomic E-state index is 13.2. The molecule has 1 aliphatic rings. The Morgan fingerprint density at radius 1 is 1.14 bits per heavy atom. The Morgan fingerprint density at radius 3 is 2.68 bits per heavy atom. The van der Waals surface area contributed by atoms with Crippen LogP contribution in [-0.4, -0.2) is 40.7 Å². The fourth-order valence-corrected chi connectivity index (χ4v) is 4.64. The van der Waals surface area contributed by atoms with Crippen molar-refractivity contribution in [1.29, 1.82) is 0 Å². The molecule has 37 heavy (non-hydrogen) atoms. The van der Waals surface area contributed by atoms with Crippen molar-refractivity contribution in [3.05, 3.63) is 58.0 Å². The first-order chi connectivity index (χ1) is 17.8. The predicted molar refractivity (Wildman–Crippen MR) is 142 cm³/mol. The van der Waals surface area contributed by atoms with Crippen LogP contribution in [0, 0.1) is 0 Å². The van der Waals surface area contributed by atoms with Gasteiger partial charge in [-0.25, -0.2) is 14.5 Å². The number of hydrogen-bond donors (Lipinski definition) is 2. The number of rotatable bonds is 7. The van der Waals surface area contributed by atoms with Gasteiger partial charge in [-0.3, -0.25) is 4.79 Å². The monoisotopic (exact) mass is 519 g/mol. The number of fused-ring (bicyclic) bond motifs is 2. The average molecular weight is 520 g/mol. The Bertz CT molecular complexity index is 1720. The molecule has 1 saturated carbocycles. The van der Waals surface area contributed by atoms with Gasteiger partial charge in [0.05, 0.1) is 24.8 Å². The van der Waals surface area contributed by atoms with Crippen LogP contribution in [0.15, 0.2) is 41.8 Å². The molecule has 5 aromatic heterocycles. The fourth-order valence-electron chi connectivity index (χ4n) is 4.34. The molecule has 12 heteroatoms. The average Bonchev–Trinajstić information content (AvgIpc) is 3.59. The molecular formula is C25H26ClN9O2. The van der Waals surface area contributed by atoms with E-state index >= 15 is 0 Å². The van der Waals surface area contributed by atoms with Crippen LogP contribution in [0.2, 0.25) is 5.02 Å². The largest absolute Gasteiger partial charge is 0.450 e. The molecular weight excluding hydrogens is 494 g/mol. The number of nitrogens with zero attached hydrogens (tertiary/aromatic N) is 7. The lowest BCUT2D eigenvalue weighted by atomic mass is 10.1. The lowest BCUT2D eigenvalue weighted by molar-refractivity contribution is 0.486. The second-order valence-electron chi connectivity index (χ2n) is 9.46. The highest BCUT2D eigenvalue weighted by Gasteiger charge is 2.26. The van der Waals surface area contributed by atoms with E-state index in [0.717, 1.165) is 18.4 Å². The Labute approximate surface area is 217 Å². The number of ether oxygens (including phenoxy) is 1. The van der Waals surface area contributed by atoms with Crippen LogP contribution >= 0.6 is 11.6 Å². The first kappa shape index (κ1) is 23.3. The molecule has 11 nitrogen and oxygen atoms in total. The quantitative estimate of drug-likeness (QED) is 0.313. The van der Waals surface area contributed by atoms with E-state index in [9.17, 15) is 4.79 Å². The molecule has 5 aromatic rings. The second-order valence-corrected chi connectivity index (χ2v) is 9.84. The minimum Gasteiger partial charge on any atom is -0.450 e. The molecule has 0 spiro atoms. The van der Waals surface area contributed by atoms with Crippen LogP contribution in [0.25, 0.3) is 16.7 Å². The highest BCUT2D eigenvalue weighted by atomic mass is 35.5. The molecule has 0 saturated heterocycles. The SMILES string of the molecule is CNc1cn2ncc(Oc3cnc4nc(Nc5cc(C6CC6)cn(C(C)C)c5=O)n(C)c4c3Cl)c2cn1. The van der Waals surface area contributed by atoms with Gasteiger partial charge in [0.2, 0.25) is 5.95 Å². The van der Waals surface area contributed by atoms with Crippen molar-refractivity contribution in [3.63, 3.8) is 0 Å². The molecule has 0 aliphatic heterocycles. The minimum atomic E-state index is -0.0994. The number of imidazole rings is 1. The molecule has 0 amide bonds. The summed E-state index contributed by atoms with van der Waals surface area (Å²) in [5, 5.41) is 10.9. The van der Waals surface area contributed by atoms with E-state index in [1.165, 1.54) is 6.20 Å². The number of aryl methyl sites for hydroxylation is 1. The van der Waals surface area contributed by atoms with Gasteiger partial charge in [-0.2, -0.15) is 10.1 Å². The third kappa shape index (κ3) is 4.05. The van der Waals surface area contributed by atoms with E-state index in [1.807, 2.05) is 33.2 Å². The molecule has 190 valence electrons. The lowest BCUT2D eigenvalue weighted by Gasteiger charge is -2.15. The van der Waals surface area contributed by atoms with Crippen molar-refractivity contribution in [3.8, 4) is 11.5 Å². The van der Waals surface area contributed by atoms with Crippen molar-refractivity contribution in [2.75, 3.05) is 17.7 Å². The van der Waals surface area contributed by atoms with Crippen LogP contribution in [-0.2, 0) is 7.05 Å². The Hall–Kier alpha value is -4.12. The van der Waals surface area contributed by atoms with Crippen LogP contribution in [0.1, 0.15) is 44.2 Å². The van der Waals surface area contributed by atoms with Gasteiger partial charge in [0.25, 0.3) is 5.56 Å². The maximum atomic E-state index is 13.2. The van der Waals surface area contributed by atoms with E-state index in [1.54, 1.807) is 39.3 Å². The van der Waals surface area contributed by atoms with Gasteiger partial charge in [0, 0.05) is 26.3 Å². The molecule has 0 radical (unpaired) electrons. The summed E-state index contributed by atoms with van der Waals surface area (Å²) in [5.74, 6) is 2.49. The van der Waals surface area contributed by atoms with E-state index in [4.69, 9.17) is 16.3 Å². The summed E-state index contributed by atoms with van der Waals surface area (Å²) in [4.78, 5) is 26.6. The van der Waals surface area contributed by atoms with Gasteiger partial charge in [-0.15, -0.1) is 0 Å². The molecule has 0 unspecified atom stereocenters. The fraction of sp³-hybridized carbons (Fsp3) is 0.320. The van der Waals surface area contributed by atoms with Crippen LogP contribution in [0.3, 0.4) is 0 Å². The third-order valence-corrected chi connectivity index (χ3v) is 6.93. The molecule has 0 aromatic carbocycles. The summed E-state index contributed by atoms with van der Waals surface area (Å²) in [7, 11) is 3.61. The molecule has 6 rings (SSSR count). The predicted octanol–water partition coefficient (Wildman–Crippen LogP) is 4.86. The number of nitrogens with one attached hydrogen (secondary N) is 2. The van der Waals surface area contributed by atoms with Gasteiger partial charge >= 0.3 is 0 Å². The van der Waals surface area contributed by atoms with Gasteiger partial charge in [-0.05, 0) is 44.2 Å². The standard InChI is InChI=1S/C25H26ClN9O2/c1-13(2)34-11-15(14-5-6-14)7-16(24(34)36)31-25-32-23-22(33(25)4)21(26)19(9-29-23)37-18-10-30-35-12-20(27-3)28-8-17(18)35/h7-14,27H,5-6H2,1-4H3,(H,29,31,32). The topological polar surface area (TPSA) is 116 Å².